The van der Waals surface area contributed by atoms with E-state index in [1.807, 2.05) is 61.5 Å². The van der Waals surface area contributed by atoms with Crippen LogP contribution in [0.2, 0.25) is 0 Å². The summed E-state index contributed by atoms with van der Waals surface area (Å²) in [5, 5.41) is 0. The molecule has 0 spiro atoms. The van der Waals surface area contributed by atoms with Crippen molar-refractivity contribution in [2.75, 3.05) is 18.6 Å². The smallest absolute Gasteiger partial charge is 0.331 e. The van der Waals surface area contributed by atoms with Crippen LogP contribution in [0.5, 0.6) is 5.75 Å². The number of ether oxygens (including phenoxy) is 2. The van der Waals surface area contributed by atoms with E-state index >= 15 is 0 Å². The number of carbonyl (C=O) groups excluding carboxylic acids is 1. The first-order valence-corrected chi connectivity index (χ1v) is 7.40. The van der Waals surface area contributed by atoms with Crippen LogP contribution in [-0.4, -0.2) is 25.7 Å². The highest BCUT2D eigenvalue weighted by atomic mass is 16.5. The van der Waals surface area contributed by atoms with E-state index in [1.54, 1.807) is 7.11 Å². The molecule has 1 fully saturated rings. The van der Waals surface area contributed by atoms with Gasteiger partial charge in [-0.25, -0.2) is 4.79 Å². The number of carbonyl (C=O) groups is 1. The zero-order chi connectivity index (χ0) is 15.5. The molecule has 4 heteroatoms. The van der Waals surface area contributed by atoms with E-state index in [-0.39, 0.29) is 18.1 Å². The van der Waals surface area contributed by atoms with Crippen LogP contribution in [0.15, 0.2) is 54.6 Å². The SMILES string of the molecule is CCOC(=O)[C@H]1[C@H](c2ccccc2)N1c1ccc(OC)cc1. The van der Waals surface area contributed by atoms with Crippen LogP contribution in [-0.2, 0) is 9.53 Å². The average molecular weight is 297 g/mol. The number of rotatable bonds is 5. The monoisotopic (exact) mass is 297 g/mol. The largest absolute Gasteiger partial charge is 0.497 e. The summed E-state index contributed by atoms with van der Waals surface area (Å²) in [6, 6.07) is 17.6. The molecular formula is C18H19NO3. The minimum absolute atomic E-state index is 0.0358. The van der Waals surface area contributed by atoms with Gasteiger partial charge in [-0.05, 0) is 36.8 Å². The fraction of sp³-hybridized carbons (Fsp3) is 0.278. The van der Waals surface area contributed by atoms with Gasteiger partial charge in [-0.15, -0.1) is 0 Å². The fourth-order valence-corrected chi connectivity index (χ4v) is 2.77. The summed E-state index contributed by atoms with van der Waals surface area (Å²) in [5.41, 5.74) is 2.11. The summed E-state index contributed by atoms with van der Waals surface area (Å²) < 4.78 is 10.4. The molecule has 2 aromatic carbocycles. The molecule has 0 N–H and O–H groups in total. The lowest BCUT2D eigenvalue weighted by Crippen LogP contribution is -2.15. The molecule has 2 aromatic rings. The Hall–Kier alpha value is -2.49. The van der Waals surface area contributed by atoms with Crippen molar-refractivity contribution in [1.82, 2.24) is 0 Å². The quantitative estimate of drug-likeness (QED) is 0.627. The Morgan fingerprint density at radius 3 is 2.36 bits per heavy atom. The molecular weight excluding hydrogens is 278 g/mol. The lowest BCUT2D eigenvalue weighted by molar-refractivity contribution is -0.142. The lowest BCUT2D eigenvalue weighted by Gasteiger charge is -2.07. The second kappa shape index (κ2) is 6.10. The average Bonchev–Trinajstić information content (AvgIpc) is 3.32. The molecule has 0 aromatic heterocycles. The van der Waals surface area contributed by atoms with Gasteiger partial charge in [0.15, 0.2) is 6.04 Å². The van der Waals surface area contributed by atoms with E-state index in [1.165, 1.54) is 0 Å². The van der Waals surface area contributed by atoms with Crippen molar-refractivity contribution in [2.24, 2.45) is 0 Å². The fourth-order valence-electron chi connectivity index (χ4n) is 2.77. The number of nitrogens with zero attached hydrogens (tertiary/aromatic N) is 1. The summed E-state index contributed by atoms with van der Waals surface area (Å²) >= 11 is 0. The number of hydrogen-bond donors (Lipinski definition) is 0. The topological polar surface area (TPSA) is 38.5 Å². The van der Waals surface area contributed by atoms with Gasteiger partial charge >= 0.3 is 5.97 Å². The zero-order valence-corrected chi connectivity index (χ0v) is 12.7. The summed E-state index contributed by atoms with van der Waals surface area (Å²) in [6.07, 6.45) is 0. The highest BCUT2D eigenvalue weighted by Gasteiger charge is 2.54. The molecule has 1 aliphatic rings. The van der Waals surface area contributed by atoms with E-state index in [0.29, 0.717) is 6.61 Å². The van der Waals surface area contributed by atoms with Crippen LogP contribution >= 0.6 is 0 Å². The van der Waals surface area contributed by atoms with Crippen molar-refractivity contribution in [3.8, 4) is 5.75 Å². The van der Waals surface area contributed by atoms with Crippen molar-refractivity contribution >= 4 is 11.7 Å². The molecule has 1 saturated heterocycles. The predicted molar refractivity (Wildman–Crippen MR) is 85.1 cm³/mol. The first kappa shape index (κ1) is 14.4. The van der Waals surface area contributed by atoms with Gasteiger partial charge in [0, 0.05) is 5.69 Å². The predicted octanol–water partition coefficient (Wildman–Crippen LogP) is 3.19. The first-order chi connectivity index (χ1) is 10.8. The minimum Gasteiger partial charge on any atom is -0.497 e. The van der Waals surface area contributed by atoms with Gasteiger partial charge in [0.2, 0.25) is 0 Å². The van der Waals surface area contributed by atoms with Crippen LogP contribution < -0.4 is 9.64 Å². The minimum atomic E-state index is -0.254. The zero-order valence-electron chi connectivity index (χ0n) is 12.7. The summed E-state index contributed by atoms with van der Waals surface area (Å²) in [5.74, 6) is 0.627. The molecule has 0 saturated carbocycles. The highest BCUT2D eigenvalue weighted by Crippen LogP contribution is 2.47. The second-order valence-corrected chi connectivity index (χ2v) is 5.16. The van der Waals surface area contributed by atoms with Gasteiger partial charge in [-0.3, -0.25) is 0 Å². The van der Waals surface area contributed by atoms with Crippen LogP contribution in [0.1, 0.15) is 18.5 Å². The summed E-state index contributed by atoms with van der Waals surface area (Å²) in [7, 11) is 1.64. The number of anilines is 1. The summed E-state index contributed by atoms with van der Waals surface area (Å²) in [4.78, 5) is 14.3. The van der Waals surface area contributed by atoms with Gasteiger partial charge in [0.25, 0.3) is 0 Å². The Bertz CT molecular complexity index is 639. The number of hydrogen-bond acceptors (Lipinski definition) is 4. The number of benzene rings is 2. The molecule has 1 aliphatic heterocycles. The third-order valence-corrected chi connectivity index (χ3v) is 3.85. The molecule has 4 nitrogen and oxygen atoms in total. The van der Waals surface area contributed by atoms with E-state index in [9.17, 15) is 4.79 Å². The van der Waals surface area contributed by atoms with E-state index in [2.05, 4.69) is 4.90 Å². The number of methoxy groups -OCH3 is 1. The van der Waals surface area contributed by atoms with Gasteiger partial charge < -0.3 is 14.4 Å². The number of esters is 1. The van der Waals surface area contributed by atoms with Crippen LogP contribution in [0.25, 0.3) is 0 Å². The molecule has 114 valence electrons. The lowest BCUT2D eigenvalue weighted by atomic mass is 10.1. The normalized spacial score (nSPS) is 19.6. The van der Waals surface area contributed by atoms with Crippen molar-refractivity contribution in [2.45, 2.75) is 19.0 Å². The second-order valence-electron chi connectivity index (χ2n) is 5.16. The third kappa shape index (κ3) is 2.64. The van der Waals surface area contributed by atoms with Crippen LogP contribution in [0, 0.1) is 0 Å². The van der Waals surface area contributed by atoms with Crippen molar-refractivity contribution < 1.29 is 14.3 Å². The Balaban J connectivity index is 1.88. The molecule has 0 radical (unpaired) electrons. The van der Waals surface area contributed by atoms with Crippen LogP contribution in [0.4, 0.5) is 5.69 Å². The Morgan fingerprint density at radius 2 is 1.77 bits per heavy atom. The molecule has 22 heavy (non-hydrogen) atoms. The van der Waals surface area contributed by atoms with Crippen LogP contribution in [0.3, 0.4) is 0 Å². The molecule has 2 atom stereocenters. The summed E-state index contributed by atoms with van der Waals surface area (Å²) in [6.45, 7) is 2.23. The van der Waals surface area contributed by atoms with Crippen molar-refractivity contribution in [3.63, 3.8) is 0 Å². The van der Waals surface area contributed by atoms with Gasteiger partial charge in [0.1, 0.15) is 5.75 Å². The van der Waals surface area contributed by atoms with Gasteiger partial charge in [-0.2, -0.15) is 0 Å². The Labute approximate surface area is 130 Å². The third-order valence-electron chi connectivity index (χ3n) is 3.85. The molecule has 0 bridgehead atoms. The Morgan fingerprint density at radius 1 is 1.09 bits per heavy atom. The van der Waals surface area contributed by atoms with Crippen molar-refractivity contribution in [1.29, 1.82) is 0 Å². The van der Waals surface area contributed by atoms with E-state index in [0.717, 1.165) is 17.0 Å². The first-order valence-electron chi connectivity index (χ1n) is 7.40. The molecule has 0 aliphatic carbocycles. The van der Waals surface area contributed by atoms with E-state index < -0.39 is 0 Å². The molecule has 0 unspecified atom stereocenters. The van der Waals surface area contributed by atoms with Crippen molar-refractivity contribution in [3.05, 3.63) is 60.2 Å². The molecule has 1 heterocycles. The molecule has 0 amide bonds. The maximum Gasteiger partial charge on any atom is 0.331 e. The van der Waals surface area contributed by atoms with Gasteiger partial charge in [0.05, 0.1) is 19.8 Å². The standard InChI is InChI=1S/C18H19NO3/c1-3-22-18(20)17-16(13-7-5-4-6-8-13)19(17)14-9-11-15(21-2)12-10-14/h4-12,16-17H,3H2,1-2H3/t16-,17+,19?/m0/s1. The van der Waals surface area contributed by atoms with E-state index in [4.69, 9.17) is 9.47 Å². The highest BCUT2D eigenvalue weighted by molar-refractivity contribution is 5.89. The Kier molecular flexibility index (Phi) is 4.00. The molecule has 3 rings (SSSR count). The maximum absolute atomic E-state index is 12.2. The van der Waals surface area contributed by atoms with Gasteiger partial charge in [-0.1, -0.05) is 30.3 Å². The maximum atomic E-state index is 12.2.